The summed E-state index contributed by atoms with van der Waals surface area (Å²) < 4.78 is 24.3. The minimum atomic E-state index is -3.12. The molecule has 0 amide bonds. The van der Waals surface area contributed by atoms with Gasteiger partial charge in [-0.1, -0.05) is 30.3 Å². The van der Waals surface area contributed by atoms with Crippen LogP contribution in [0, 0.1) is 0 Å². The summed E-state index contributed by atoms with van der Waals surface area (Å²) in [5, 5.41) is 10.7. The SMILES string of the molecule is O=C([O-])/C(=C\OP(=O)=O)c1ccccc1. The van der Waals surface area contributed by atoms with E-state index in [9.17, 15) is 19.0 Å². The van der Waals surface area contributed by atoms with Gasteiger partial charge in [0, 0.05) is 5.57 Å². The van der Waals surface area contributed by atoms with Crippen LogP contribution in [0.15, 0.2) is 36.6 Å². The first-order valence-electron chi connectivity index (χ1n) is 3.89. The Morgan fingerprint density at radius 3 is 2.33 bits per heavy atom. The van der Waals surface area contributed by atoms with Gasteiger partial charge in [-0.3, -0.25) is 0 Å². The van der Waals surface area contributed by atoms with Gasteiger partial charge in [0.1, 0.15) is 6.26 Å². The fraction of sp³-hybridized carbons (Fsp3) is 0. The molecule has 0 N–H and O–H groups in total. The van der Waals surface area contributed by atoms with Crippen LogP contribution in [0.4, 0.5) is 0 Å². The zero-order valence-corrected chi connectivity index (χ0v) is 8.35. The molecular weight excluding hydrogens is 219 g/mol. The van der Waals surface area contributed by atoms with E-state index in [1.54, 1.807) is 18.2 Å². The summed E-state index contributed by atoms with van der Waals surface area (Å²) in [6, 6.07) is 7.93. The minimum absolute atomic E-state index is 0.314. The lowest BCUT2D eigenvalue weighted by Crippen LogP contribution is -2.23. The Morgan fingerprint density at radius 1 is 1.27 bits per heavy atom. The van der Waals surface area contributed by atoms with E-state index >= 15 is 0 Å². The molecule has 0 aliphatic heterocycles. The van der Waals surface area contributed by atoms with E-state index in [0.717, 1.165) is 0 Å². The molecule has 0 aliphatic carbocycles. The highest BCUT2D eigenvalue weighted by Gasteiger charge is 2.03. The van der Waals surface area contributed by atoms with Gasteiger partial charge in [0.25, 0.3) is 0 Å². The molecule has 1 rings (SSSR count). The predicted molar refractivity (Wildman–Crippen MR) is 48.8 cm³/mol. The van der Waals surface area contributed by atoms with Crippen LogP contribution in [0.2, 0.25) is 0 Å². The van der Waals surface area contributed by atoms with E-state index in [0.29, 0.717) is 11.8 Å². The summed E-state index contributed by atoms with van der Waals surface area (Å²) in [5.74, 6) is -1.50. The van der Waals surface area contributed by atoms with Gasteiger partial charge in [0.15, 0.2) is 0 Å². The lowest BCUT2D eigenvalue weighted by Gasteiger charge is -2.06. The van der Waals surface area contributed by atoms with Crippen molar-refractivity contribution in [3.05, 3.63) is 42.2 Å². The third kappa shape index (κ3) is 3.40. The molecule has 1 aromatic rings. The fourth-order valence-corrected chi connectivity index (χ4v) is 1.14. The second kappa shape index (κ2) is 5.12. The average Bonchev–Trinajstić information content (AvgIpc) is 2.18. The first kappa shape index (κ1) is 11.2. The third-order valence-electron chi connectivity index (χ3n) is 1.56. The molecule has 0 saturated heterocycles. The predicted octanol–water partition coefficient (Wildman–Crippen LogP) is 0.882. The molecule has 0 heterocycles. The van der Waals surface area contributed by atoms with E-state index in [-0.39, 0.29) is 5.57 Å². The zero-order chi connectivity index (χ0) is 11.3. The second-order valence-electron chi connectivity index (χ2n) is 2.51. The zero-order valence-electron chi connectivity index (χ0n) is 7.45. The van der Waals surface area contributed by atoms with Crippen molar-refractivity contribution >= 4 is 19.4 Å². The van der Waals surface area contributed by atoms with Crippen molar-refractivity contribution in [2.75, 3.05) is 0 Å². The number of rotatable bonds is 4. The third-order valence-corrected chi connectivity index (χ3v) is 1.84. The average molecular weight is 225 g/mol. The quantitative estimate of drug-likeness (QED) is 0.431. The number of carboxylic acid groups (broad SMARTS) is 1. The Labute approximate surface area is 85.9 Å². The van der Waals surface area contributed by atoms with E-state index < -0.39 is 13.9 Å². The molecule has 1 aromatic carbocycles. The molecule has 0 radical (unpaired) electrons. The summed E-state index contributed by atoms with van der Waals surface area (Å²) in [7, 11) is -3.12. The highest BCUT2D eigenvalue weighted by Crippen LogP contribution is 2.16. The number of carboxylic acids is 1. The van der Waals surface area contributed by atoms with Gasteiger partial charge in [0.2, 0.25) is 0 Å². The van der Waals surface area contributed by atoms with Crippen LogP contribution in [0.3, 0.4) is 0 Å². The molecule has 0 fully saturated rings. The molecule has 0 spiro atoms. The van der Waals surface area contributed by atoms with E-state index in [4.69, 9.17) is 0 Å². The van der Waals surface area contributed by atoms with E-state index in [2.05, 4.69) is 4.52 Å². The lowest BCUT2D eigenvalue weighted by atomic mass is 10.1. The molecule has 0 atom stereocenters. The van der Waals surface area contributed by atoms with Crippen LogP contribution >= 0.6 is 7.91 Å². The van der Waals surface area contributed by atoms with E-state index in [1.165, 1.54) is 12.1 Å². The van der Waals surface area contributed by atoms with Crippen LogP contribution in [0.5, 0.6) is 0 Å². The molecule has 0 saturated carbocycles. The molecule has 15 heavy (non-hydrogen) atoms. The first-order chi connectivity index (χ1) is 7.11. The summed E-state index contributed by atoms with van der Waals surface area (Å²) in [6.45, 7) is 0. The number of carbonyl (C=O) groups excluding carboxylic acids is 1. The van der Waals surface area contributed by atoms with Crippen LogP contribution in [0.1, 0.15) is 5.56 Å². The fourth-order valence-electron chi connectivity index (χ4n) is 0.947. The summed E-state index contributed by atoms with van der Waals surface area (Å²) >= 11 is 0. The molecular formula is C9H6O5P-. The van der Waals surface area contributed by atoms with Crippen molar-refractivity contribution in [1.82, 2.24) is 0 Å². The molecule has 0 aliphatic rings. The van der Waals surface area contributed by atoms with Crippen molar-refractivity contribution in [2.45, 2.75) is 0 Å². The Hall–Kier alpha value is -1.87. The van der Waals surface area contributed by atoms with Gasteiger partial charge >= 0.3 is 7.91 Å². The maximum Gasteiger partial charge on any atom is 0.528 e. The highest BCUT2D eigenvalue weighted by atomic mass is 31.1. The van der Waals surface area contributed by atoms with Crippen LogP contribution in [-0.2, 0) is 18.4 Å². The van der Waals surface area contributed by atoms with Crippen LogP contribution in [-0.4, -0.2) is 5.97 Å². The standard InChI is InChI=1S/C9H7O5P/c10-9(11)8(6-14-15(12)13)7-4-2-1-3-5-7/h1-6H,(H,10,11)/p-1/b8-6-. The summed E-state index contributed by atoms with van der Waals surface area (Å²) in [4.78, 5) is 10.7. The van der Waals surface area contributed by atoms with Gasteiger partial charge in [-0.05, 0) is 5.56 Å². The lowest BCUT2D eigenvalue weighted by molar-refractivity contribution is -0.295. The van der Waals surface area contributed by atoms with Crippen molar-refractivity contribution in [2.24, 2.45) is 0 Å². The van der Waals surface area contributed by atoms with E-state index in [1.807, 2.05) is 0 Å². The number of benzene rings is 1. The van der Waals surface area contributed by atoms with Crippen molar-refractivity contribution < 1.29 is 23.6 Å². The topological polar surface area (TPSA) is 83.5 Å². The monoisotopic (exact) mass is 225 g/mol. The number of hydrogen-bond donors (Lipinski definition) is 0. The number of hydrogen-bond acceptors (Lipinski definition) is 5. The first-order valence-corrected chi connectivity index (χ1v) is 4.99. The summed E-state index contributed by atoms with van der Waals surface area (Å²) in [5.41, 5.74) is -0.0100. The number of carbonyl (C=O) groups is 1. The molecule has 78 valence electrons. The van der Waals surface area contributed by atoms with Crippen molar-refractivity contribution in [3.63, 3.8) is 0 Å². The normalized spacial score (nSPS) is 10.8. The smallest absolute Gasteiger partial charge is 0.528 e. The number of aliphatic carboxylic acids is 1. The molecule has 0 unspecified atom stereocenters. The van der Waals surface area contributed by atoms with Gasteiger partial charge in [0.05, 0.1) is 5.97 Å². The molecule has 5 nitrogen and oxygen atoms in total. The van der Waals surface area contributed by atoms with Crippen molar-refractivity contribution in [1.29, 1.82) is 0 Å². The maximum absolute atomic E-state index is 10.7. The Morgan fingerprint density at radius 2 is 1.87 bits per heavy atom. The van der Waals surface area contributed by atoms with Crippen LogP contribution < -0.4 is 5.11 Å². The highest BCUT2D eigenvalue weighted by molar-refractivity contribution is 7.24. The second-order valence-corrected chi connectivity index (χ2v) is 3.17. The summed E-state index contributed by atoms with van der Waals surface area (Å²) in [6.07, 6.45) is 0.635. The van der Waals surface area contributed by atoms with Gasteiger partial charge in [-0.2, -0.15) is 9.13 Å². The maximum atomic E-state index is 10.7. The van der Waals surface area contributed by atoms with Gasteiger partial charge in [-0.25, -0.2) is 0 Å². The molecule has 6 heteroatoms. The largest absolute Gasteiger partial charge is 0.545 e. The van der Waals surface area contributed by atoms with Gasteiger partial charge < -0.3 is 14.4 Å². The Kier molecular flexibility index (Phi) is 3.83. The van der Waals surface area contributed by atoms with Gasteiger partial charge in [-0.15, -0.1) is 0 Å². The molecule has 0 aromatic heterocycles. The van der Waals surface area contributed by atoms with Crippen LogP contribution in [0.25, 0.3) is 5.57 Å². The van der Waals surface area contributed by atoms with Crippen molar-refractivity contribution in [3.8, 4) is 0 Å². The molecule has 0 bridgehead atoms. The minimum Gasteiger partial charge on any atom is -0.545 e. The Bertz CT molecular complexity index is 439. The Balaban J connectivity index is 3.04.